The number of hydrogen-bond acceptors (Lipinski definition) is 5. The molecule has 3 aromatic rings. The third kappa shape index (κ3) is 5.06. The normalized spacial score (nSPS) is 10.5. The van der Waals surface area contributed by atoms with Crippen molar-refractivity contribution < 1.29 is 14.4 Å². The summed E-state index contributed by atoms with van der Waals surface area (Å²) in [6, 6.07) is 13.6. The molecule has 0 radical (unpaired) electrons. The Morgan fingerprint density at radius 3 is 2.43 bits per heavy atom. The van der Waals surface area contributed by atoms with E-state index in [1.54, 1.807) is 62.6 Å². The molecule has 0 bridgehead atoms. The molecule has 0 aliphatic carbocycles. The highest BCUT2D eigenvalue weighted by Crippen LogP contribution is 2.22. The molecule has 0 saturated carbocycles. The van der Waals surface area contributed by atoms with Crippen molar-refractivity contribution in [2.45, 2.75) is 4.90 Å². The van der Waals surface area contributed by atoms with Gasteiger partial charge in [0.1, 0.15) is 5.56 Å². The number of para-hydroxylation sites is 1. The van der Waals surface area contributed by atoms with Crippen molar-refractivity contribution in [3.05, 3.63) is 70.5 Å². The van der Waals surface area contributed by atoms with Gasteiger partial charge in [0, 0.05) is 41.8 Å². The van der Waals surface area contributed by atoms with Crippen LogP contribution in [0, 0.1) is 0 Å². The van der Waals surface area contributed by atoms with E-state index in [4.69, 9.17) is 0 Å². The number of nitrogens with zero attached hydrogens (tertiary/aromatic N) is 1. The Balaban J connectivity index is 1.57. The van der Waals surface area contributed by atoms with Crippen LogP contribution in [-0.4, -0.2) is 47.6 Å². The minimum atomic E-state index is -0.633. The molecule has 0 saturated heterocycles. The number of carbonyl (C=O) groups is 3. The lowest BCUT2D eigenvalue weighted by Gasteiger charge is -2.10. The van der Waals surface area contributed by atoms with Crippen molar-refractivity contribution >= 4 is 45.4 Å². The van der Waals surface area contributed by atoms with E-state index in [0.29, 0.717) is 16.6 Å². The minimum Gasteiger partial charge on any atom is -0.360 e. The maximum Gasteiger partial charge on any atom is 0.285 e. The summed E-state index contributed by atoms with van der Waals surface area (Å²) in [6.45, 7) is -0.291. The number of aromatic nitrogens is 1. The number of hydrogen-bond donors (Lipinski definition) is 3. The average molecular weight is 424 g/mol. The number of anilines is 1. The van der Waals surface area contributed by atoms with E-state index < -0.39 is 17.2 Å². The first-order chi connectivity index (χ1) is 14.3. The summed E-state index contributed by atoms with van der Waals surface area (Å²) >= 11 is 1.08. The molecule has 0 spiro atoms. The molecule has 9 heteroatoms. The van der Waals surface area contributed by atoms with Crippen molar-refractivity contribution in [3.8, 4) is 0 Å². The Hall–Kier alpha value is -3.59. The number of nitrogens with one attached hydrogen (secondary N) is 3. The molecule has 30 heavy (non-hydrogen) atoms. The number of aromatic amines is 1. The topological polar surface area (TPSA) is 111 Å². The first-order valence-corrected chi connectivity index (χ1v) is 9.84. The van der Waals surface area contributed by atoms with Gasteiger partial charge in [-0.2, -0.15) is 0 Å². The molecular weight excluding hydrogens is 404 g/mol. The van der Waals surface area contributed by atoms with Crippen LogP contribution in [0.1, 0.15) is 10.4 Å². The smallest absolute Gasteiger partial charge is 0.285 e. The van der Waals surface area contributed by atoms with Crippen molar-refractivity contribution in [3.63, 3.8) is 0 Å². The zero-order valence-electron chi connectivity index (χ0n) is 16.4. The van der Waals surface area contributed by atoms with Gasteiger partial charge in [0.15, 0.2) is 0 Å². The SMILES string of the molecule is CN(C)C(=O)Sc1ccc(NC(=O)CNC(=O)c2c[nH]c3ccccc3c2=O)cc1. The van der Waals surface area contributed by atoms with Crippen LogP contribution in [0.4, 0.5) is 10.5 Å². The van der Waals surface area contributed by atoms with Crippen molar-refractivity contribution in [1.29, 1.82) is 0 Å². The van der Waals surface area contributed by atoms with Crippen LogP contribution < -0.4 is 16.1 Å². The molecule has 0 aliphatic heterocycles. The van der Waals surface area contributed by atoms with Gasteiger partial charge in [-0.15, -0.1) is 0 Å². The van der Waals surface area contributed by atoms with E-state index in [1.165, 1.54) is 11.1 Å². The number of carbonyl (C=O) groups excluding carboxylic acids is 3. The first kappa shape index (κ1) is 21.1. The molecule has 0 aliphatic rings. The van der Waals surface area contributed by atoms with E-state index >= 15 is 0 Å². The summed E-state index contributed by atoms with van der Waals surface area (Å²) in [6.07, 6.45) is 1.34. The zero-order valence-corrected chi connectivity index (χ0v) is 17.2. The number of amides is 3. The highest BCUT2D eigenvalue weighted by Gasteiger charge is 2.14. The monoisotopic (exact) mass is 424 g/mol. The molecule has 3 amide bonds. The predicted octanol–water partition coefficient (Wildman–Crippen LogP) is 2.67. The maximum atomic E-state index is 12.4. The Morgan fingerprint density at radius 1 is 1.03 bits per heavy atom. The fraction of sp³-hybridized carbons (Fsp3) is 0.143. The van der Waals surface area contributed by atoms with Crippen LogP contribution >= 0.6 is 11.8 Å². The second kappa shape index (κ2) is 9.27. The zero-order chi connectivity index (χ0) is 21.7. The number of fused-ring (bicyclic) bond motifs is 1. The van der Waals surface area contributed by atoms with Crippen LogP contribution in [0.15, 0.2) is 64.4 Å². The molecule has 1 heterocycles. The summed E-state index contributed by atoms with van der Waals surface area (Å²) in [4.78, 5) is 53.7. The van der Waals surface area contributed by atoms with Gasteiger partial charge in [-0.3, -0.25) is 19.2 Å². The third-order valence-corrected chi connectivity index (χ3v) is 5.20. The minimum absolute atomic E-state index is 0.0616. The quantitative estimate of drug-likeness (QED) is 0.545. The highest BCUT2D eigenvalue weighted by atomic mass is 32.2. The maximum absolute atomic E-state index is 12.4. The fourth-order valence-electron chi connectivity index (χ4n) is 2.60. The number of benzene rings is 2. The van der Waals surface area contributed by atoms with Gasteiger partial charge in [-0.05, 0) is 48.2 Å². The van der Waals surface area contributed by atoms with Crippen molar-refractivity contribution in [1.82, 2.24) is 15.2 Å². The lowest BCUT2D eigenvalue weighted by Crippen LogP contribution is -2.35. The van der Waals surface area contributed by atoms with Crippen molar-refractivity contribution in [2.24, 2.45) is 0 Å². The van der Waals surface area contributed by atoms with E-state index in [-0.39, 0.29) is 17.3 Å². The molecule has 8 nitrogen and oxygen atoms in total. The van der Waals surface area contributed by atoms with Crippen LogP contribution in [0.2, 0.25) is 0 Å². The Morgan fingerprint density at radius 2 is 1.73 bits per heavy atom. The standard InChI is InChI=1S/C21H20N4O4S/c1-25(2)21(29)30-14-9-7-13(8-10-14)24-18(26)12-23-20(28)16-11-22-17-6-4-3-5-15(17)19(16)27/h3-11H,12H2,1-2H3,(H,22,27)(H,23,28)(H,24,26). The van der Waals surface area contributed by atoms with Gasteiger partial charge < -0.3 is 20.5 Å². The number of rotatable bonds is 5. The molecule has 154 valence electrons. The molecule has 3 rings (SSSR count). The third-order valence-electron chi connectivity index (χ3n) is 4.15. The average Bonchev–Trinajstić information content (AvgIpc) is 2.74. The van der Waals surface area contributed by atoms with Crippen LogP contribution in [-0.2, 0) is 4.79 Å². The lowest BCUT2D eigenvalue weighted by molar-refractivity contribution is -0.115. The van der Waals surface area contributed by atoms with E-state index in [2.05, 4.69) is 15.6 Å². The second-order valence-electron chi connectivity index (χ2n) is 6.59. The van der Waals surface area contributed by atoms with Crippen molar-refractivity contribution in [2.75, 3.05) is 26.0 Å². The molecule has 3 N–H and O–H groups in total. The molecule has 2 aromatic carbocycles. The first-order valence-electron chi connectivity index (χ1n) is 9.03. The predicted molar refractivity (Wildman–Crippen MR) is 117 cm³/mol. The highest BCUT2D eigenvalue weighted by molar-refractivity contribution is 8.13. The van der Waals surface area contributed by atoms with Gasteiger partial charge in [0.05, 0.1) is 6.54 Å². The number of thioether (sulfide) groups is 1. The van der Waals surface area contributed by atoms with Crippen LogP contribution in [0.25, 0.3) is 10.9 Å². The van der Waals surface area contributed by atoms with Gasteiger partial charge in [-0.25, -0.2) is 0 Å². The number of pyridine rings is 1. The summed E-state index contributed by atoms with van der Waals surface area (Å²) in [5.41, 5.74) is 0.696. The Kier molecular flexibility index (Phi) is 6.53. The van der Waals surface area contributed by atoms with Gasteiger partial charge in [0.2, 0.25) is 11.3 Å². The van der Waals surface area contributed by atoms with Gasteiger partial charge >= 0.3 is 0 Å². The molecule has 1 aromatic heterocycles. The van der Waals surface area contributed by atoms with Crippen LogP contribution in [0.5, 0.6) is 0 Å². The summed E-state index contributed by atoms with van der Waals surface area (Å²) in [7, 11) is 3.34. The molecule has 0 fully saturated rings. The van der Waals surface area contributed by atoms with Gasteiger partial charge in [0.25, 0.3) is 11.1 Å². The molecule has 0 unspecified atom stereocenters. The molecule has 0 atom stereocenters. The summed E-state index contributed by atoms with van der Waals surface area (Å²) < 4.78 is 0. The lowest BCUT2D eigenvalue weighted by atomic mass is 10.1. The van der Waals surface area contributed by atoms with E-state index in [1.807, 2.05) is 0 Å². The summed E-state index contributed by atoms with van der Waals surface area (Å²) in [5.74, 6) is -1.07. The largest absolute Gasteiger partial charge is 0.360 e. The van der Waals surface area contributed by atoms with Gasteiger partial charge in [-0.1, -0.05) is 12.1 Å². The van der Waals surface area contributed by atoms with Crippen LogP contribution in [0.3, 0.4) is 0 Å². The van der Waals surface area contributed by atoms with E-state index in [9.17, 15) is 19.2 Å². The fourth-order valence-corrected chi connectivity index (χ4v) is 3.25. The second-order valence-corrected chi connectivity index (χ2v) is 7.62. The Bertz CT molecular complexity index is 1160. The molecular formula is C21H20N4O4S. The van der Waals surface area contributed by atoms with E-state index in [0.717, 1.165) is 16.7 Å². The Labute approximate surface area is 176 Å². The summed E-state index contributed by atoms with van der Waals surface area (Å²) in [5, 5.41) is 5.41. The number of H-pyrrole nitrogens is 1.